The second-order valence-corrected chi connectivity index (χ2v) is 9.00. The summed E-state index contributed by atoms with van der Waals surface area (Å²) in [4.78, 5) is 74.1. The van der Waals surface area contributed by atoms with E-state index in [2.05, 4.69) is 9.98 Å². The Morgan fingerprint density at radius 3 is 1.02 bits per heavy atom. The van der Waals surface area contributed by atoms with E-state index in [1.807, 2.05) is 0 Å². The SMILES string of the molecule is CC(=O)/C(C(C)=NCCN=C(C)/C(C(C)=O)=C(\O)c1cc([N+](=O)[O-])cc([N+](=O)[O-])c1)=C(/O)c1cc([N+](=O)[O-])cc([N+](=O)[O-])c1. The summed E-state index contributed by atoms with van der Waals surface area (Å²) in [5.41, 5.74) is -4.37. The van der Waals surface area contributed by atoms with Crippen LogP contribution in [0.1, 0.15) is 38.8 Å². The maximum Gasteiger partial charge on any atom is 0.277 e. The fourth-order valence-corrected chi connectivity index (χ4v) is 3.95. The Labute approximate surface area is 247 Å². The number of ketones is 2. The van der Waals surface area contributed by atoms with Crippen LogP contribution in [0.25, 0.3) is 11.5 Å². The number of benzene rings is 2. The number of nitro groups is 4. The molecule has 2 aromatic carbocycles. The molecule has 0 saturated heterocycles. The van der Waals surface area contributed by atoms with Crippen LogP contribution in [0.5, 0.6) is 0 Å². The number of hydrogen-bond acceptors (Lipinski definition) is 14. The van der Waals surface area contributed by atoms with E-state index >= 15 is 0 Å². The molecular formula is C26H24N6O12. The second-order valence-electron chi connectivity index (χ2n) is 9.00. The summed E-state index contributed by atoms with van der Waals surface area (Å²) in [7, 11) is 0. The second kappa shape index (κ2) is 14.1. The molecule has 0 radical (unpaired) electrons. The van der Waals surface area contributed by atoms with Crippen LogP contribution < -0.4 is 0 Å². The van der Waals surface area contributed by atoms with Gasteiger partial charge in [-0.25, -0.2) is 0 Å². The Kier molecular flexibility index (Phi) is 10.9. The Hall–Kier alpha value is -6.20. The molecule has 0 aliphatic heterocycles. The number of aliphatic hydroxyl groups is 2. The number of nitro benzene ring substituents is 4. The average molecular weight is 613 g/mol. The quantitative estimate of drug-likeness (QED) is 0.0780. The number of allylic oxidation sites excluding steroid dienone is 2. The first-order chi connectivity index (χ1) is 20.5. The van der Waals surface area contributed by atoms with Gasteiger partial charge in [-0.3, -0.25) is 60.0 Å². The van der Waals surface area contributed by atoms with Crippen molar-refractivity contribution in [3.63, 3.8) is 0 Å². The van der Waals surface area contributed by atoms with Crippen molar-refractivity contribution in [1.82, 2.24) is 0 Å². The molecule has 18 heteroatoms. The molecule has 18 nitrogen and oxygen atoms in total. The lowest BCUT2D eigenvalue weighted by Crippen LogP contribution is -2.13. The highest BCUT2D eigenvalue weighted by atomic mass is 16.6. The molecule has 0 amide bonds. The highest BCUT2D eigenvalue weighted by molar-refractivity contribution is 6.25. The third-order valence-electron chi connectivity index (χ3n) is 5.89. The van der Waals surface area contributed by atoms with E-state index in [1.54, 1.807) is 0 Å². The summed E-state index contributed by atoms with van der Waals surface area (Å²) >= 11 is 0. The average Bonchev–Trinajstić information content (AvgIpc) is 2.94. The van der Waals surface area contributed by atoms with Gasteiger partial charge >= 0.3 is 0 Å². The van der Waals surface area contributed by atoms with Crippen molar-refractivity contribution in [3.8, 4) is 0 Å². The maximum atomic E-state index is 12.3. The number of nitrogens with zero attached hydrogens (tertiary/aromatic N) is 6. The normalized spacial score (nSPS) is 13.0. The molecule has 0 aliphatic carbocycles. The van der Waals surface area contributed by atoms with E-state index < -0.39 is 65.5 Å². The van der Waals surface area contributed by atoms with Gasteiger partial charge in [-0.1, -0.05) is 0 Å². The van der Waals surface area contributed by atoms with E-state index in [9.17, 15) is 60.3 Å². The van der Waals surface area contributed by atoms with Gasteiger partial charge < -0.3 is 10.2 Å². The molecule has 0 unspecified atom stereocenters. The molecule has 0 aromatic heterocycles. The Bertz CT molecular complexity index is 1530. The molecule has 230 valence electrons. The van der Waals surface area contributed by atoms with Crippen molar-refractivity contribution >= 4 is 57.3 Å². The number of hydrogen-bond donors (Lipinski definition) is 2. The summed E-state index contributed by atoms with van der Waals surface area (Å²) in [5.74, 6) is -3.00. The summed E-state index contributed by atoms with van der Waals surface area (Å²) in [6, 6.07) is 4.78. The van der Waals surface area contributed by atoms with Crippen LogP contribution in [0.3, 0.4) is 0 Å². The number of carbonyl (C=O) groups excluding carboxylic acids is 2. The topological polar surface area (TPSA) is 272 Å². The van der Waals surface area contributed by atoms with Crippen LogP contribution in [0.4, 0.5) is 22.7 Å². The van der Waals surface area contributed by atoms with Crippen molar-refractivity contribution in [1.29, 1.82) is 0 Å². The van der Waals surface area contributed by atoms with Crippen LogP contribution in [-0.2, 0) is 9.59 Å². The van der Waals surface area contributed by atoms with Gasteiger partial charge in [0.2, 0.25) is 0 Å². The van der Waals surface area contributed by atoms with Gasteiger partial charge in [0.25, 0.3) is 22.7 Å². The molecule has 0 atom stereocenters. The van der Waals surface area contributed by atoms with E-state index in [4.69, 9.17) is 0 Å². The van der Waals surface area contributed by atoms with Crippen LogP contribution in [0, 0.1) is 40.5 Å². The molecule has 0 fully saturated rings. The van der Waals surface area contributed by atoms with Crippen molar-refractivity contribution in [3.05, 3.63) is 99.1 Å². The van der Waals surface area contributed by atoms with E-state index in [1.165, 1.54) is 13.8 Å². The summed E-state index contributed by atoms with van der Waals surface area (Å²) in [5, 5.41) is 66.3. The number of aliphatic imine (C=N–C) groups is 2. The molecule has 0 heterocycles. The predicted molar refractivity (Wildman–Crippen MR) is 156 cm³/mol. The fourth-order valence-electron chi connectivity index (χ4n) is 3.95. The van der Waals surface area contributed by atoms with Gasteiger partial charge in [-0.05, 0) is 27.7 Å². The van der Waals surface area contributed by atoms with Gasteiger partial charge in [0.1, 0.15) is 11.5 Å². The third-order valence-corrected chi connectivity index (χ3v) is 5.89. The van der Waals surface area contributed by atoms with Crippen molar-refractivity contribution < 1.29 is 39.5 Å². The fraction of sp³-hybridized carbons (Fsp3) is 0.231. The zero-order valence-electron chi connectivity index (χ0n) is 23.5. The molecule has 0 saturated carbocycles. The van der Waals surface area contributed by atoms with Crippen LogP contribution in [0.15, 0.2) is 57.5 Å². The zero-order valence-corrected chi connectivity index (χ0v) is 23.5. The molecular weight excluding hydrogens is 588 g/mol. The minimum Gasteiger partial charge on any atom is -0.506 e. The van der Waals surface area contributed by atoms with E-state index in [-0.39, 0.29) is 46.8 Å². The molecule has 2 rings (SSSR count). The molecule has 0 aliphatic rings. The van der Waals surface area contributed by atoms with Crippen LogP contribution in [0.2, 0.25) is 0 Å². The van der Waals surface area contributed by atoms with Crippen molar-refractivity contribution in [2.24, 2.45) is 9.98 Å². The van der Waals surface area contributed by atoms with Crippen LogP contribution in [-0.4, -0.2) is 66.0 Å². The van der Waals surface area contributed by atoms with Crippen LogP contribution >= 0.6 is 0 Å². The summed E-state index contributed by atoms with van der Waals surface area (Å²) in [6.07, 6.45) is 0. The number of Topliss-reactive ketones (excluding diaryl/α,β-unsaturated/α-hetero) is 2. The third kappa shape index (κ3) is 8.18. The van der Waals surface area contributed by atoms with E-state index in [0.717, 1.165) is 38.1 Å². The molecule has 44 heavy (non-hydrogen) atoms. The first kappa shape index (κ1) is 34.0. The maximum absolute atomic E-state index is 12.3. The van der Waals surface area contributed by atoms with Gasteiger partial charge in [-0.2, -0.15) is 0 Å². The molecule has 0 bridgehead atoms. The number of rotatable bonds is 13. The molecule has 2 aromatic rings. The Morgan fingerprint density at radius 2 is 0.818 bits per heavy atom. The highest BCUT2D eigenvalue weighted by Crippen LogP contribution is 2.29. The zero-order chi connectivity index (χ0) is 33.5. The number of non-ortho nitro benzene ring substituents is 4. The predicted octanol–water partition coefficient (Wildman–Crippen LogP) is 4.66. The largest absolute Gasteiger partial charge is 0.506 e. The summed E-state index contributed by atoms with van der Waals surface area (Å²) in [6.45, 7) is 4.49. The van der Waals surface area contributed by atoms with Gasteiger partial charge in [0, 0.05) is 46.8 Å². The minimum atomic E-state index is -0.902. The monoisotopic (exact) mass is 612 g/mol. The first-order valence-electron chi connectivity index (χ1n) is 12.3. The van der Waals surface area contributed by atoms with E-state index in [0.29, 0.717) is 12.1 Å². The van der Waals surface area contributed by atoms with Crippen molar-refractivity contribution in [2.75, 3.05) is 13.1 Å². The van der Waals surface area contributed by atoms with Gasteiger partial charge in [0.15, 0.2) is 11.6 Å². The number of aliphatic hydroxyl groups excluding tert-OH is 2. The minimum absolute atomic E-state index is 0.0499. The van der Waals surface area contributed by atoms with Crippen molar-refractivity contribution in [2.45, 2.75) is 27.7 Å². The molecule has 2 N–H and O–H groups in total. The lowest BCUT2D eigenvalue weighted by Gasteiger charge is -2.10. The standard InChI is InChI=1S/C26H24N6O12/c1-13(23(15(3)33)25(35)17-7-19(29(37)38)11-20(8-17)30(39)40)27-5-6-28-14(2)24(16(4)34)26(36)18-9-21(31(41)42)12-22(10-18)32(43)44/h7-12,35-36H,5-6H2,1-4H3/b25-23+,26-24+,27-13?,28-14?. The summed E-state index contributed by atoms with van der Waals surface area (Å²) < 4.78 is 0. The first-order valence-corrected chi connectivity index (χ1v) is 12.3. The van der Waals surface area contributed by atoms with Gasteiger partial charge in [-0.15, -0.1) is 0 Å². The molecule has 0 spiro atoms. The smallest absolute Gasteiger partial charge is 0.277 e. The highest BCUT2D eigenvalue weighted by Gasteiger charge is 2.24. The lowest BCUT2D eigenvalue weighted by atomic mass is 10.0. The number of carbonyl (C=O) groups is 2. The van der Waals surface area contributed by atoms with Gasteiger partial charge in [0.05, 0.1) is 56.1 Å². The Morgan fingerprint density at radius 1 is 0.568 bits per heavy atom. The Balaban J connectivity index is 2.47. The lowest BCUT2D eigenvalue weighted by molar-refractivity contribution is -0.394.